The fourth-order valence-corrected chi connectivity index (χ4v) is 4.22. The number of aliphatic imine (C=N–C) groups is 1. The minimum absolute atomic E-state index is 0.0555. The van der Waals surface area contributed by atoms with E-state index in [1.807, 2.05) is 17.0 Å². The molecule has 1 heterocycles. The van der Waals surface area contributed by atoms with Crippen molar-refractivity contribution < 1.29 is 4.79 Å². The van der Waals surface area contributed by atoms with E-state index >= 15 is 0 Å². The highest BCUT2D eigenvalue weighted by atomic mass is 35.5. The molecule has 0 radical (unpaired) electrons. The van der Waals surface area contributed by atoms with Crippen LogP contribution in [-0.4, -0.2) is 29.8 Å². The fourth-order valence-electron chi connectivity index (χ4n) is 2.74. The number of carbonyl (C=O) groups excluding carboxylic acids is 1. The summed E-state index contributed by atoms with van der Waals surface area (Å²) >= 11 is 13.9. The maximum atomic E-state index is 12.9. The molecule has 0 aliphatic carbocycles. The van der Waals surface area contributed by atoms with Gasteiger partial charge in [-0.05, 0) is 48.7 Å². The molecule has 6 heteroatoms. The number of carbonyl (C=O) groups is 1. The van der Waals surface area contributed by atoms with Crippen molar-refractivity contribution in [2.75, 3.05) is 23.7 Å². The molecule has 0 spiro atoms. The van der Waals surface area contributed by atoms with Crippen molar-refractivity contribution in [2.24, 2.45) is 4.99 Å². The number of hydrogen-bond donors (Lipinski definition) is 0. The molecule has 3 nitrogen and oxygen atoms in total. The summed E-state index contributed by atoms with van der Waals surface area (Å²) < 4.78 is 0. The van der Waals surface area contributed by atoms with Gasteiger partial charge in [0.05, 0.1) is 11.6 Å². The third kappa shape index (κ3) is 4.61. The highest BCUT2D eigenvalue weighted by molar-refractivity contribution is 8.14. The lowest BCUT2D eigenvalue weighted by Gasteiger charge is -2.27. The second kappa shape index (κ2) is 8.94. The number of anilines is 1. The molecular formula is C20H20Cl2N2OS. The Morgan fingerprint density at radius 2 is 1.96 bits per heavy atom. The van der Waals surface area contributed by atoms with Gasteiger partial charge in [-0.25, -0.2) is 0 Å². The first-order valence-corrected chi connectivity index (χ1v) is 10.3. The van der Waals surface area contributed by atoms with E-state index in [0.29, 0.717) is 15.6 Å². The molecule has 1 aliphatic heterocycles. The Labute approximate surface area is 168 Å². The molecule has 0 saturated heterocycles. The van der Waals surface area contributed by atoms with E-state index in [4.69, 9.17) is 23.2 Å². The number of thioether (sulfide) groups is 1. The number of nitrogens with zero attached hydrogens (tertiary/aromatic N) is 2. The van der Waals surface area contributed by atoms with Crippen LogP contribution in [0.25, 0.3) is 0 Å². The van der Waals surface area contributed by atoms with E-state index in [0.717, 1.165) is 36.0 Å². The predicted molar refractivity (Wildman–Crippen MR) is 113 cm³/mol. The molecule has 1 aliphatic rings. The highest BCUT2D eigenvalue weighted by Gasteiger charge is 2.21. The molecule has 2 aromatic carbocycles. The lowest BCUT2D eigenvalue weighted by molar-refractivity contribution is 0.100. The molecule has 0 N–H and O–H groups in total. The molecule has 0 unspecified atom stereocenters. The average molecular weight is 407 g/mol. The van der Waals surface area contributed by atoms with Gasteiger partial charge in [0.2, 0.25) is 0 Å². The van der Waals surface area contributed by atoms with Crippen LogP contribution in [0.4, 0.5) is 5.69 Å². The number of halogens is 2. The number of ketones is 1. The Hall–Kier alpha value is -1.49. The summed E-state index contributed by atoms with van der Waals surface area (Å²) in [5.41, 5.74) is 2.71. The van der Waals surface area contributed by atoms with Gasteiger partial charge in [0.25, 0.3) is 0 Å². The van der Waals surface area contributed by atoms with E-state index in [1.165, 1.54) is 5.56 Å². The second-order valence-electron chi connectivity index (χ2n) is 6.02. The Morgan fingerprint density at radius 3 is 2.58 bits per heavy atom. The topological polar surface area (TPSA) is 32.7 Å². The van der Waals surface area contributed by atoms with Gasteiger partial charge < -0.3 is 4.90 Å². The second-order valence-corrected chi connectivity index (χ2v) is 7.93. The number of amidine groups is 1. The molecule has 0 saturated carbocycles. The third-order valence-electron chi connectivity index (χ3n) is 4.20. The monoisotopic (exact) mass is 406 g/mol. The Balaban J connectivity index is 1.89. The Kier molecular flexibility index (Phi) is 6.63. The van der Waals surface area contributed by atoms with E-state index in [1.54, 1.807) is 30.0 Å². The predicted octanol–water partition coefficient (Wildman–Crippen LogP) is 5.74. The molecule has 0 atom stereocenters. The molecule has 0 aromatic heterocycles. The van der Waals surface area contributed by atoms with Gasteiger partial charge in [-0.3, -0.25) is 9.79 Å². The maximum Gasteiger partial charge on any atom is 0.184 e. The minimum atomic E-state index is -0.0555. The van der Waals surface area contributed by atoms with Crippen LogP contribution in [0.2, 0.25) is 10.0 Å². The van der Waals surface area contributed by atoms with Crippen LogP contribution in [0.3, 0.4) is 0 Å². The first-order chi connectivity index (χ1) is 12.6. The van der Waals surface area contributed by atoms with E-state index < -0.39 is 0 Å². The minimum Gasteiger partial charge on any atom is -0.313 e. The number of Topliss-reactive ketones (excluding diaryl/α,β-unsaturated/α-hetero) is 1. The summed E-state index contributed by atoms with van der Waals surface area (Å²) in [6.07, 6.45) is 2.04. The number of aryl methyl sites for hydroxylation is 1. The highest BCUT2D eigenvalue weighted by Crippen LogP contribution is 2.26. The van der Waals surface area contributed by atoms with Gasteiger partial charge in [-0.1, -0.05) is 54.0 Å². The van der Waals surface area contributed by atoms with E-state index in [-0.39, 0.29) is 12.3 Å². The standard InChI is InChI=1S/C20H20Cl2N2OS/c1-2-14-4-7-16(8-5-14)24(20-23-10-3-11-26-20)13-19(25)17-9-6-15(21)12-18(17)22/h4-9,12H,2-3,10-11,13H2,1H3. The summed E-state index contributed by atoms with van der Waals surface area (Å²) in [5.74, 6) is 0.957. The van der Waals surface area contributed by atoms with Gasteiger partial charge in [0.1, 0.15) is 0 Å². The van der Waals surface area contributed by atoms with Crippen molar-refractivity contribution >= 4 is 51.6 Å². The first-order valence-electron chi connectivity index (χ1n) is 8.60. The van der Waals surface area contributed by atoms with Gasteiger partial charge in [0.15, 0.2) is 11.0 Å². The third-order valence-corrected chi connectivity index (χ3v) is 5.85. The largest absolute Gasteiger partial charge is 0.313 e. The van der Waals surface area contributed by atoms with Gasteiger partial charge in [-0.2, -0.15) is 0 Å². The normalized spacial score (nSPS) is 14.0. The zero-order chi connectivity index (χ0) is 18.5. The molecular weight excluding hydrogens is 387 g/mol. The Morgan fingerprint density at radius 1 is 1.19 bits per heavy atom. The quantitative estimate of drug-likeness (QED) is 0.593. The van der Waals surface area contributed by atoms with Crippen LogP contribution < -0.4 is 4.90 Å². The number of benzene rings is 2. The SMILES string of the molecule is CCc1ccc(N(CC(=O)c2ccc(Cl)cc2Cl)C2=NCCCS2)cc1. The zero-order valence-electron chi connectivity index (χ0n) is 14.5. The lowest BCUT2D eigenvalue weighted by Crippen LogP contribution is -2.35. The van der Waals surface area contributed by atoms with Crippen LogP contribution in [0.5, 0.6) is 0 Å². The van der Waals surface area contributed by atoms with Crippen LogP contribution >= 0.6 is 35.0 Å². The number of hydrogen-bond acceptors (Lipinski definition) is 4. The smallest absolute Gasteiger partial charge is 0.184 e. The molecule has 3 rings (SSSR count). The number of rotatable bonds is 5. The zero-order valence-corrected chi connectivity index (χ0v) is 16.9. The maximum absolute atomic E-state index is 12.9. The Bertz CT molecular complexity index is 821. The van der Waals surface area contributed by atoms with Crippen LogP contribution in [0, 0.1) is 0 Å². The van der Waals surface area contributed by atoms with Crippen molar-refractivity contribution in [1.29, 1.82) is 0 Å². The lowest BCUT2D eigenvalue weighted by atomic mass is 10.1. The van der Waals surface area contributed by atoms with Crippen LogP contribution in [-0.2, 0) is 6.42 Å². The van der Waals surface area contributed by atoms with Crippen molar-refractivity contribution in [3.8, 4) is 0 Å². The summed E-state index contributed by atoms with van der Waals surface area (Å²) in [6, 6.07) is 13.3. The molecule has 136 valence electrons. The molecule has 0 bridgehead atoms. The first kappa shape index (κ1) is 19.3. The van der Waals surface area contributed by atoms with Gasteiger partial charge >= 0.3 is 0 Å². The molecule has 26 heavy (non-hydrogen) atoms. The van der Waals surface area contributed by atoms with Crippen molar-refractivity contribution in [2.45, 2.75) is 19.8 Å². The fraction of sp³-hybridized carbons (Fsp3) is 0.300. The summed E-state index contributed by atoms with van der Waals surface area (Å²) in [4.78, 5) is 19.5. The van der Waals surface area contributed by atoms with Crippen molar-refractivity contribution in [3.05, 3.63) is 63.6 Å². The summed E-state index contributed by atoms with van der Waals surface area (Å²) in [6.45, 7) is 3.11. The van der Waals surface area contributed by atoms with E-state index in [9.17, 15) is 4.79 Å². The van der Waals surface area contributed by atoms with Crippen molar-refractivity contribution in [1.82, 2.24) is 0 Å². The van der Waals surface area contributed by atoms with Gasteiger partial charge in [0, 0.05) is 28.6 Å². The van der Waals surface area contributed by atoms with Crippen LogP contribution in [0.15, 0.2) is 47.5 Å². The van der Waals surface area contributed by atoms with Crippen LogP contribution in [0.1, 0.15) is 29.3 Å². The summed E-state index contributed by atoms with van der Waals surface area (Å²) in [7, 11) is 0. The van der Waals surface area contributed by atoms with Crippen molar-refractivity contribution in [3.63, 3.8) is 0 Å². The van der Waals surface area contributed by atoms with Gasteiger partial charge in [-0.15, -0.1) is 0 Å². The molecule has 2 aromatic rings. The molecule has 0 fully saturated rings. The average Bonchev–Trinajstić information content (AvgIpc) is 2.67. The molecule has 0 amide bonds. The van der Waals surface area contributed by atoms with E-state index in [2.05, 4.69) is 24.0 Å². The summed E-state index contributed by atoms with van der Waals surface area (Å²) in [5, 5.41) is 1.78.